The molecule has 1 amide bonds. The minimum atomic E-state index is -4.56. The Bertz CT molecular complexity index is 987. The molecule has 2 aromatic carbocycles. The Balaban J connectivity index is 1.34. The van der Waals surface area contributed by atoms with E-state index >= 15 is 0 Å². The van der Waals surface area contributed by atoms with Crippen molar-refractivity contribution in [2.45, 2.75) is 37.4 Å². The van der Waals surface area contributed by atoms with E-state index in [9.17, 15) is 17.1 Å². The summed E-state index contributed by atoms with van der Waals surface area (Å²) in [7, 11) is -4.56. The number of halogens is 1. The van der Waals surface area contributed by atoms with Gasteiger partial charge in [-0.2, -0.15) is 8.42 Å². The number of aryl methyl sites for hydroxylation is 1. The van der Waals surface area contributed by atoms with E-state index in [1.807, 2.05) is 0 Å². The molecule has 6 heteroatoms. The molecule has 1 heterocycles. The Morgan fingerprint density at radius 3 is 2.67 bits per heavy atom. The van der Waals surface area contributed by atoms with Crippen molar-refractivity contribution >= 4 is 16.1 Å². The number of carbonyl (C=O) groups is 1. The van der Waals surface area contributed by atoms with E-state index in [0.29, 0.717) is 19.4 Å². The summed E-state index contributed by atoms with van der Waals surface area (Å²) in [6.07, 6.45) is 3.00. The van der Waals surface area contributed by atoms with Crippen molar-refractivity contribution < 1.29 is 17.1 Å². The molecule has 4 nitrogen and oxygen atoms in total. The second-order valence-electron chi connectivity index (χ2n) is 7.40. The molecule has 0 aromatic heterocycles. The van der Waals surface area contributed by atoms with Crippen LogP contribution in [0, 0.1) is 0 Å². The molecular formula is C21H22FNO3S. The van der Waals surface area contributed by atoms with Gasteiger partial charge < -0.3 is 4.90 Å². The largest absolute Gasteiger partial charge is 0.341 e. The molecular weight excluding hydrogens is 365 g/mol. The van der Waals surface area contributed by atoms with Crippen LogP contribution in [-0.4, -0.2) is 37.6 Å². The highest BCUT2D eigenvalue weighted by Gasteiger charge is 2.34. The Morgan fingerprint density at radius 2 is 1.89 bits per heavy atom. The molecule has 1 atom stereocenters. The molecule has 1 unspecified atom stereocenters. The predicted octanol–water partition coefficient (Wildman–Crippen LogP) is 3.48. The average Bonchev–Trinajstić information content (AvgIpc) is 3.26. The zero-order valence-electron chi connectivity index (χ0n) is 15.0. The van der Waals surface area contributed by atoms with Crippen LogP contribution in [0.4, 0.5) is 3.89 Å². The SMILES string of the molecule is O=C(CCCc1ccc2c(c1)-c1ccccc1C2)N1CCC(S(=O)(=O)F)C1. The van der Waals surface area contributed by atoms with E-state index in [4.69, 9.17) is 0 Å². The van der Waals surface area contributed by atoms with Gasteiger partial charge in [0.15, 0.2) is 0 Å². The van der Waals surface area contributed by atoms with Crippen molar-refractivity contribution in [2.75, 3.05) is 13.1 Å². The Labute approximate surface area is 159 Å². The summed E-state index contributed by atoms with van der Waals surface area (Å²) in [5.74, 6) is -0.0901. The van der Waals surface area contributed by atoms with Gasteiger partial charge in [0.05, 0.1) is 0 Å². The van der Waals surface area contributed by atoms with Gasteiger partial charge in [-0.3, -0.25) is 4.79 Å². The highest BCUT2D eigenvalue weighted by Crippen LogP contribution is 2.37. The minimum Gasteiger partial charge on any atom is -0.341 e. The second-order valence-corrected chi connectivity index (χ2v) is 9.02. The van der Waals surface area contributed by atoms with Crippen molar-refractivity contribution in [1.29, 1.82) is 0 Å². The van der Waals surface area contributed by atoms with Gasteiger partial charge in [0.2, 0.25) is 5.91 Å². The van der Waals surface area contributed by atoms with E-state index in [0.717, 1.165) is 12.8 Å². The molecule has 4 rings (SSSR count). The number of amides is 1. The molecule has 1 aliphatic carbocycles. The van der Waals surface area contributed by atoms with Crippen molar-refractivity contribution in [2.24, 2.45) is 0 Å². The number of hydrogen-bond acceptors (Lipinski definition) is 3. The Morgan fingerprint density at radius 1 is 1.11 bits per heavy atom. The number of nitrogens with zero attached hydrogens (tertiary/aromatic N) is 1. The first-order chi connectivity index (χ1) is 12.9. The first-order valence-corrected chi connectivity index (χ1v) is 10.8. The van der Waals surface area contributed by atoms with E-state index in [-0.39, 0.29) is 18.9 Å². The number of hydrogen-bond donors (Lipinski definition) is 0. The normalized spacial score (nSPS) is 18.4. The molecule has 2 aromatic rings. The van der Waals surface area contributed by atoms with Crippen LogP contribution in [0.3, 0.4) is 0 Å². The predicted molar refractivity (Wildman–Crippen MR) is 103 cm³/mol. The zero-order chi connectivity index (χ0) is 19.0. The molecule has 0 N–H and O–H groups in total. The number of fused-ring (bicyclic) bond motifs is 3. The van der Waals surface area contributed by atoms with Crippen LogP contribution in [0.25, 0.3) is 11.1 Å². The molecule has 27 heavy (non-hydrogen) atoms. The monoisotopic (exact) mass is 387 g/mol. The molecule has 0 radical (unpaired) electrons. The third kappa shape index (κ3) is 3.76. The van der Waals surface area contributed by atoms with Crippen molar-refractivity contribution in [3.63, 3.8) is 0 Å². The van der Waals surface area contributed by atoms with Gasteiger partial charge in [0.25, 0.3) is 0 Å². The van der Waals surface area contributed by atoms with Crippen molar-refractivity contribution in [3.8, 4) is 11.1 Å². The van der Waals surface area contributed by atoms with Gasteiger partial charge >= 0.3 is 10.2 Å². The fourth-order valence-corrected chi connectivity index (χ4v) is 4.86. The second kappa shape index (κ2) is 7.08. The molecule has 1 aliphatic heterocycles. The molecule has 1 saturated heterocycles. The molecule has 0 bridgehead atoms. The summed E-state index contributed by atoms with van der Waals surface area (Å²) < 4.78 is 35.0. The summed E-state index contributed by atoms with van der Waals surface area (Å²) in [5, 5.41) is -1.06. The molecule has 2 aliphatic rings. The highest BCUT2D eigenvalue weighted by molar-refractivity contribution is 7.87. The van der Waals surface area contributed by atoms with Crippen LogP contribution in [0.5, 0.6) is 0 Å². The maximum Gasteiger partial charge on any atom is 0.307 e. The minimum absolute atomic E-state index is 0.0205. The van der Waals surface area contributed by atoms with Gasteiger partial charge in [-0.05, 0) is 53.5 Å². The third-order valence-corrected chi connectivity index (χ3v) is 6.80. The standard InChI is InChI=1S/C21H22FNO3S/c22-27(25,26)18-10-11-23(14-18)21(24)7-3-4-15-8-9-17-13-16-5-1-2-6-19(16)20(17)12-15/h1-2,5-6,8-9,12,18H,3-4,7,10-11,13-14H2. The number of rotatable bonds is 5. The summed E-state index contributed by atoms with van der Waals surface area (Å²) in [5.41, 5.74) is 6.47. The summed E-state index contributed by atoms with van der Waals surface area (Å²) >= 11 is 0. The maximum atomic E-state index is 13.1. The van der Waals surface area contributed by atoms with Crippen LogP contribution < -0.4 is 0 Å². The molecule has 1 fully saturated rings. The van der Waals surface area contributed by atoms with Crippen LogP contribution in [0.1, 0.15) is 36.0 Å². The van der Waals surface area contributed by atoms with Crippen LogP contribution in [0.15, 0.2) is 42.5 Å². The van der Waals surface area contributed by atoms with Crippen LogP contribution in [0.2, 0.25) is 0 Å². The summed E-state index contributed by atoms with van der Waals surface area (Å²) in [4.78, 5) is 13.7. The molecule has 0 saturated carbocycles. The van der Waals surface area contributed by atoms with Crippen LogP contribution in [-0.2, 0) is 27.9 Å². The highest BCUT2D eigenvalue weighted by atomic mass is 32.3. The lowest BCUT2D eigenvalue weighted by Gasteiger charge is -2.15. The lowest BCUT2D eigenvalue weighted by atomic mass is 10.00. The number of carbonyl (C=O) groups excluding carboxylic acids is 1. The van der Waals surface area contributed by atoms with Gasteiger partial charge in [0, 0.05) is 19.5 Å². The molecule has 142 valence electrons. The zero-order valence-corrected chi connectivity index (χ0v) is 15.8. The fourth-order valence-electron chi connectivity index (χ4n) is 4.11. The lowest BCUT2D eigenvalue weighted by Crippen LogP contribution is -2.30. The Hall–Kier alpha value is -2.21. The molecule has 0 spiro atoms. The van der Waals surface area contributed by atoms with E-state index < -0.39 is 15.5 Å². The quantitative estimate of drug-likeness (QED) is 0.630. The van der Waals surface area contributed by atoms with Crippen molar-refractivity contribution in [1.82, 2.24) is 4.90 Å². The van der Waals surface area contributed by atoms with Crippen molar-refractivity contribution in [3.05, 3.63) is 59.2 Å². The van der Waals surface area contributed by atoms with E-state index in [2.05, 4.69) is 42.5 Å². The topological polar surface area (TPSA) is 54.5 Å². The number of benzene rings is 2. The van der Waals surface area contributed by atoms with Gasteiger partial charge in [-0.15, -0.1) is 3.89 Å². The first-order valence-electron chi connectivity index (χ1n) is 9.33. The summed E-state index contributed by atoms with van der Waals surface area (Å²) in [6.45, 7) is 0.301. The fraction of sp³-hybridized carbons (Fsp3) is 0.381. The lowest BCUT2D eigenvalue weighted by molar-refractivity contribution is -0.130. The number of likely N-dealkylation sites (tertiary alicyclic amines) is 1. The van der Waals surface area contributed by atoms with Crippen LogP contribution >= 0.6 is 0 Å². The van der Waals surface area contributed by atoms with E-state index in [1.54, 1.807) is 0 Å². The first kappa shape index (κ1) is 18.2. The average molecular weight is 387 g/mol. The maximum absolute atomic E-state index is 13.1. The van der Waals surface area contributed by atoms with Gasteiger partial charge in [0.1, 0.15) is 5.25 Å². The third-order valence-electron chi connectivity index (χ3n) is 5.61. The Kier molecular flexibility index (Phi) is 4.76. The smallest absolute Gasteiger partial charge is 0.307 e. The van der Waals surface area contributed by atoms with Gasteiger partial charge in [-0.1, -0.05) is 42.5 Å². The van der Waals surface area contributed by atoms with E-state index in [1.165, 1.54) is 32.7 Å². The summed E-state index contributed by atoms with van der Waals surface area (Å²) in [6, 6.07) is 14.9. The van der Waals surface area contributed by atoms with Gasteiger partial charge in [-0.25, -0.2) is 0 Å².